The maximum atomic E-state index is 13.5. The molecule has 11 nitrogen and oxygen atoms in total. The van der Waals surface area contributed by atoms with Crippen molar-refractivity contribution in [2.75, 3.05) is 7.11 Å². The Morgan fingerprint density at radius 3 is 2.33 bits per heavy atom. The van der Waals surface area contributed by atoms with Gasteiger partial charge in [-0.15, -0.1) is 0 Å². The molecule has 0 unspecified atom stereocenters. The number of phenols is 3. The Morgan fingerprint density at radius 1 is 0.939 bits per heavy atom. The Labute approximate surface area is 186 Å². The topological polar surface area (TPSA) is 179 Å². The predicted octanol–water partition coefficient (Wildman–Crippen LogP) is 0.792. The van der Waals surface area contributed by atoms with E-state index in [1.54, 1.807) is 0 Å². The molecule has 1 aliphatic rings. The van der Waals surface area contributed by atoms with Crippen LogP contribution in [0.4, 0.5) is 0 Å². The van der Waals surface area contributed by atoms with E-state index in [-0.39, 0.29) is 33.8 Å². The fraction of sp³-hybridized carbons (Fsp3) is 0.318. The van der Waals surface area contributed by atoms with Crippen LogP contribution in [0.5, 0.6) is 28.7 Å². The van der Waals surface area contributed by atoms with Crippen LogP contribution in [0.25, 0.3) is 22.3 Å². The van der Waals surface area contributed by atoms with Gasteiger partial charge < -0.3 is 49.3 Å². The van der Waals surface area contributed by atoms with E-state index in [9.17, 15) is 35.4 Å². The highest BCUT2D eigenvalue weighted by atomic mass is 16.7. The van der Waals surface area contributed by atoms with E-state index < -0.39 is 53.4 Å². The molecular weight excluding hydrogens is 440 g/mol. The number of ether oxygens (including phenoxy) is 3. The molecule has 5 atom stereocenters. The van der Waals surface area contributed by atoms with Crippen molar-refractivity contribution < 1.29 is 49.3 Å². The molecule has 0 aliphatic carbocycles. The predicted molar refractivity (Wildman–Crippen MR) is 112 cm³/mol. The zero-order chi connectivity index (χ0) is 24.0. The van der Waals surface area contributed by atoms with Crippen LogP contribution in [-0.2, 0) is 4.74 Å². The molecule has 0 radical (unpaired) electrons. The first-order valence-corrected chi connectivity index (χ1v) is 9.88. The molecule has 0 amide bonds. The van der Waals surface area contributed by atoms with Gasteiger partial charge in [0.25, 0.3) is 0 Å². The SMILES string of the molecule is COc1cc(O)cc2oc(-c3ccc(O)c(O)c3)c(O[C@@H]3O[C@H](C)[C@H](O)[C@@H](O)[C@@H]3O)c(=O)c12. The van der Waals surface area contributed by atoms with Crippen molar-refractivity contribution in [3.8, 4) is 40.1 Å². The second kappa shape index (κ2) is 8.45. The molecule has 2 aromatic carbocycles. The number of hydrogen-bond donors (Lipinski definition) is 6. The number of hydrogen-bond acceptors (Lipinski definition) is 11. The minimum absolute atomic E-state index is 0.0161. The van der Waals surface area contributed by atoms with E-state index in [0.29, 0.717) is 0 Å². The van der Waals surface area contributed by atoms with Gasteiger partial charge in [-0.25, -0.2) is 0 Å². The summed E-state index contributed by atoms with van der Waals surface area (Å²) in [5.41, 5.74) is -0.721. The van der Waals surface area contributed by atoms with E-state index >= 15 is 0 Å². The summed E-state index contributed by atoms with van der Waals surface area (Å²) in [6, 6.07) is 6.00. The fourth-order valence-electron chi connectivity index (χ4n) is 3.60. The van der Waals surface area contributed by atoms with Gasteiger partial charge in [-0.2, -0.15) is 0 Å². The van der Waals surface area contributed by atoms with Crippen LogP contribution in [0, 0.1) is 0 Å². The molecule has 176 valence electrons. The van der Waals surface area contributed by atoms with Gasteiger partial charge in [0.2, 0.25) is 17.5 Å². The minimum atomic E-state index is -1.71. The van der Waals surface area contributed by atoms with Gasteiger partial charge in [0.1, 0.15) is 40.8 Å². The van der Waals surface area contributed by atoms with Crippen molar-refractivity contribution >= 4 is 11.0 Å². The van der Waals surface area contributed by atoms with Crippen LogP contribution in [0.2, 0.25) is 0 Å². The van der Waals surface area contributed by atoms with Crippen LogP contribution in [0.1, 0.15) is 6.92 Å². The second-order valence-corrected chi connectivity index (χ2v) is 7.61. The summed E-state index contributed by atoms with van der Waals surface area (Å²) in [6.07, 6.45) is -7.21. The number of fused-ring (bicyclic) bond motifs is 1. The van der Waals surface area contributed by atoms with Crippen molar-refractivity contribution in [2.45, 2.75) is 37.6 Å². The summed E-state index contributed by atoms with van der Waals surface area (Å²) in [6.45, 7) is 1.45. The Bertz CT molecular complexity index is 1250. The van der Waals surface area contributed by atoms with Crippen LogP contribution in [-0.4, -0.2) is 68.5 Å². The van der Waals surface area contributed by atoms with Crippen molar-refractivity contribution in [1.82, 2.24) is 0 Å². The van der Waals surface area contributed by atoms with Gasteiger partial charge in [-0.3, -0.25) is 4.79 Å². The molecular formula is C22H22O11. The van der Waals surface area contributed by atoms with Gasteiger partial charge in [0.15, 0.2) is 17.3 Å². The third-order valence-corrected chi connectivity index (χ3v) is 5.40. The van der Waals surface area contributed by atoms with Crippen LogP contribution < -0.4 is 14.9 Å². The molecule has 1 fully saturated rings. The number of methoxy groups -OCH3 is 1. The summed E-state index contributed by atoms with van der Waals surface area (Å²) in [5.74, 6) is -1.86. The maximum absolute atomic E-state index is 13.5. The number of aliphatic hydroxyl groups excluding tert-OH is 3. The largest absolute Gasteiger partial charge is 0.508 e. The Morgan fingerprint density at radius 2 is 1.67 bits per heavy atom. The quantitative estimate of drug-likeness (QED) is 0.302. The highest BCUT2D eigenvalue weighted by molar-refractivity contribution is 5.88. The molecule has 33 heavy (non-hydrogen) atoms. The van der Waals surface area contributed by atoms with Gasteiger partial charge in [0, 0.05) is 17.7 Å². The smallest absolute Gasteiger partial charge is 0.239 e. The number of rotatable bonds is 4. The Kier molecular flexibility index (Phi) is 5.80. The van der Waals surface area contributed by atoms with Crippen molar-refractivity contribution in [1.29, 1.82) is 0 Å². The van der Waals surface area contributed by atoms with E-state index in [0.717, 1.165) is 12.1 Å². The lowest BCUT2D eigenvalue weighted by Crippen LogP contribution is -2.58. The average molecular weight is 462 g/mol. The number of aliphatic hydroxyl groups is 3. The van der Waals surface area contributed by atoms with E-state index in [2.05, 4.69) is 0 Å². The van der Waals surface area contributed by atoms with Crippen LogP contribution in [0.15, 0.2) is 39.5 Å². The summed E-state index contributed by atoms with van der Waals surface area (Å²) in [4.78, 5) is 13.5. The molecule has 2 heterocycles. The third kappa shape index (κ3) is 3.91. The van der Waals surface area contributed by atoms with Crippen molar-refractivity contribution in [3.63, 3.8) is 0 Å². The van der Waals surface area contributed by atoms with Gasteiger partial charge in [-0.05, 0) is 25.1 Å². The van der Waals surface area contributed by atoms with E-state index in [1.807, 2.05) is 0 Å². The minimum Gasteiger partial charge on any atom is -0.508 e. The first-order chi connectivity index (χ1) is 15.6. The molecule has 11 heteroatoms. The first-order valence-electron chi connectivity index (χ1n) is 9.88. The molecule has 1 aliphatic heterocycles. The van der Waals surface area contributed by atoms with Crippen LogP contribution in [0.3, 0.4) is 0 Å². The fourth-order valence-corrected chi connectivity index (χ4v) is 3.60. The van der Waals surface area contributed by atoms with Gasteiger partial charge in [0.05, 0.1) is 13.2 Å². The zero-order valence-corrected chi connectivity index (χ0v) is 17.5. The Hall–Kier alpha value is -3.51. The van der Waals surface area contributed by atoms with E-state index in [4.69, 9.17) is 18.6 Å². The lowest BCUT2D eigenvalue weighted by Gasteiger charge is -2.38. The highest BCUT2D eigenvalue weighted by Gasteiger charge is 2.44. The van der Waals surface area contributed by atoms with Gasteiger partial charge in [-0.1, -0.05) is 0 Å². The molecule has 6 N–H and O–H groups in total. The standard InChI is InChI=1S/C22H22O11/c1-8-16(26)18(28)19(29)22(31-8)33-21-17(27)15-13(30-2)6-10(23)7-14(15)32-20(21)9-3-4-11(24)12(25)5-9/h3-8,16,18-19,22-26,28-29H,1-2H3/t8-,16+,18-,19+,22+/m1/s1. The summed E-state index contributed by atoms with van der Waals surface area (Å²) >= 11 is 0. The average Bonchev–Trinajstić information content (AvgIpc) is 2.78. The number of aromatic hydroxyl groups is 3. The maximum Gasteiger partial charge on any atom is 0.239 e. The molecule has 1 saturated heterocycles. The first kappa shape index (κ1) is 22.7. The lowest BCUT2D eigenvalue weighted by atomic mass is 10.00. The molecule has 3 aromatic rings. The van der Waals surface area contributed by atoms with E-state index in [1.165, 1.54) is 32.2 Å². The molecule has 0 saturated carbocycles. The monoisotopic (exact) mass is 462 g/mol. The van der Waals surface area contributed by atoms with Crippen LogP contribution >= 0.6 is 0 Å². The summed E-state index contributed by atoms with van der Waals surface area (Å²) in [5, 5.41) is 59.8. The highest BCUT2D eigenvalue weighted by Crippen LogP contribution is 2.39. The van der Waals surface area contributed by atoms with Crippen molar-refractivity contribution in [3.05, 3.63) is 40.6 Å². The molecule has 4 rings (SSSR count). The second-order valence-electron chi connectivity index (χ2n) is 7.61. The number of benzene rings is 2. The normalized spacial score (nSPS) is 25.2. The molecule has 0 spiro atoms. The van der Waals surface area contributed by atoms with Crippen molar-refractivity contribution in [2.24, 2.45) is 0 Å². The number of phenolic OH excluding ortho intramolecular Hbond substituents is 3. The molecule has 0 bridgehead atoms. The summed E-state index contributed by atoms with van der Waals surface area (Å²) < 4.78 is 22.1. The third-order valence-electron chi connectivity index (χ3n) is 5.40. The summed E-state index contributed by atoms with van der Waals surface area (Å²) in [7, 11) is 1.29. The Balaban J connectivity index is 1.94. The lowest BCUT2D eigenvalue weighted by molar-refractivity contribution is -0.268. The molecule has 1 aromatic heterocycles. The van der Waals surface area contributed by atoms with Gasteiger partial charge >= 0.3 is 0 Å². The zero-order valence-electron chi connectivity index (χ0n) is 17.5.